The molecule has 0 unspecified atom stereocenters. The summed E-state index contributed by atoms with van der Waals surface area (Å²) in [6, 6.07) is 5.66. The standard InChI is InChI=1S/C14H16N4OS/c1-3-5-14(20-6-4-2)12(10(7-15)8-16)11(9-17)13(18)19-14/h3-6,18H2,1-2H3/t14-/m1/s1. The van der Waals surface area contributed by atoms with Crippen molar-refractivity contribution in [2.75, 3.05) is 5.75 Å². The van der Waals surface area contributed by atoms with Crippen LogP contribution in [0.2, 0.25) is 0 Å². The summed E-state index contributed by atoms with van der Waals surface area (Å²) in [6.07, 6.45) is 2.30. The van der Waals surface area contributed by atoms with E-state index in [9.17, 15) is 5.26 Å². The zero-order valence-electron chi connectivity index (χ0n) is 11.6. The molecule has 5 nitrogen and oxygen atoms in total. The quantitative estimate of drug-likeness (QED) is 0.779. The van der Waals surface area contributed by atoms with E-state index in [2.05, 4.69) is 0 Å². The van der Waals surface area contributed by atoms with Gasteiger partial charge in [0.05, 0.1) is 5.57 Å². The van der Waals surface area contributed by atoms with Crippen LogP contribution < -0.4 is 5.73 Å². The van der Waals surface area contributed by atoms with Gasteiger partial charge in [-0.05, 0) is 12.2 Å². The molecule has 1 atom stereocenters. The highest BCUT2D eigenvalue weighted by Crippen LogP contribution is 2.49. The summed E-state index contributed by atoms with van der Waals surface area (Å²) in [7, 11) is 0. The molecule has 0 aromatic heterocycles. The molecule has 1 rings (SSSR count). The molecule has 0 fully saturated rings. The maximum atomic E-state index is 9.24. The van der Waals surface area contributed by atoms with Gasteiger partial charge in [-0.2, -0.15) is 15.8 Å². The second-order valence-electron chi connectivity index (χ2n) is 4.28. The molecule has 0 bridgehead atoms. The largest absolute Gasteiger partial charge is 0.456 e. The lowest BCUT2D eigenvalue weighted by molar-refractivity contribution is 0.125. The molecule has 20 heavy (non-hydrogen) atoms. The number of ether oxygens (including phenoxy) is 1. The van der Waals surface area contributed by atoms with Gasteiger partial charge in [-0.1, -0.05) is 20.3 Å². The summed E-state index contributed by atoms with van der Waals surface area (Å²) in [4.78, 5) is -0.888. The van der Waals surface area contributed by atoms with Crippen molar-refractivity contribution in [2.24, 2.45) is 5.73 Å². The van der Waals surface area contributed by atoms with Gasteiger partial charge in [0.25, 0.3) is 0 Å². The van der Waals surface area contributed by atoms with E-state index in [-0.39, 0.29) is 17.0 Å². The summed E-state index contributed by atoms with van der Waals surface area (Å²) in [5.74, 6) is 0.794. The lowest BCUT2D eigenvalue weighted by atomic mass is 9.95. The average Bonchev–Trinajstić information content (AvgIpc) is 2.71. The minimum Gasteiger partial charge on any atom is -0.456 e. The fourth-order valence-corrected chi connectivity index (χ4v) is 3.48. The van der Waals surface area contributed by atoms with E-state index in [1.807, 2.05) is 32.1 Å². The van der Waals surface area contributed by atoms with Gasteiger partial charge in [-0.25, -0.2) is 0 Å². The molecule has 1 heterocycles. The van der Waals surface area contributed by atoms with Crippen LogP contribution >= 0.6 is 11.8 Å². The van der Waals surface area contributed by atoms with E-state index < -0.39 is 4.93 Å². The molecule has 0 aromatic carbocycles. The van der Waals surface area contributed by atoms with Crippen LogP contribution in [0.3, 0.4) is 0 Å². The van der Waals surface area contributed by atoms with Gasteiger partial charge in [0.15, 0.2) is 4.93 Å². The predicted octanol–water partition coefficient (Wildman–Crippen LogP) is 2.69. The fourth-order valence-electron chi connectivity index (χ4n) is 2.10. The van der Waals surface area contributed by atoms with E-state index in [0.717, 1.165) is 18.6 Å². The van der Waals surface area contributed by atoms with Gasteiger partial charge in [0.2, 0.25) is 5.88 Å². The van der Waals surface area contributed by atoms with E-state index in [4.69, 9.17) is 21.0 Å². The molecular formula is C14H16N4OS. The monoisotopic (exact) mass is 288 g/mol. The molecule has 0 aliphatic carbocycles. The van der Waals surface area contributed by atoms with E-state index in [1.54, 1.807) is 0 Å². The molecule has 0 amide bonds. The first-order valence-corrected chi connectivity index (χ1v) is 7.36. The fraction of sp³-hybridized carbons (Fsp3) is 0.500. The highest BCUT2D eigenvalue weighted by atomic mass is 32.2. The molecule has 0 saturated carbocycles. The third-order valence-corrected chi connectivity index (χ3v) is 4.43. The Labute approximate surface area is 123 Å². The lowest BCUT2D eigenvalue weighted by Crippen LogP contribution is -2.29. The molecule has 0 spiro atoms. The summed E-state index contributed by atoms with van der Waals surface area (Å²) in [5, 5.41) is 27.5. The third kappa shape index (κ3) is 2.74. The van der Waals surface area contributed by atoms with Crippen LogP contribution in [0.5, 0.6) is 0 Å². The first kappa shape index (κ1) is 16.0. The number of hydrogen-bond donors (Lipinski definition) is 1. The molecule has 0 radical (unpaired) electrons. The summed E-state index contributed by atoms with van der Waals surface area (Å²) in [6.45, 7) is 4.01. The van der Waals surface area contributed by atoms with Gasteiger partial charge >= 0.3 is 0 Å². The Morgan fingerprint density at radius 1 is 1.25 bits per heavy atom. The first-order valence-electron chi connectivity index (χ1n) is 6.38. The van der Waals surface area contributed by atoms with Gasteiger partial charge in [0, 0.05) is 6.42 Å². The van der Waals surface area contributed by atoms with Crippen molar-refractivity contribution < 1.29 is 4.74 Å². The summed E-state index contributed by atoms with van der Waals surface area (Å²) >= 11 is 1.49. The maximum absolute atomic E-state index is 9.24. The maximum Gasteiger partial charge on any atom is 0.204 e. The Bertz CT molecular complexity index is 557. The first-order chi connectivity index (χ1) is 9.60. The second kappa shape index (κ2) is 6.89. The molecular weight excluding hydrogens is 272 g/mol. The van der Waals surface area contributed by atoms with Crippen LogP contribution in [0.4, 0.5) is 0 Å². The van der Waals surface area contributed by atoms with E-state index in [1.165, 1.54) is 11.8 Å². The predicted molar refractivity (Wildman–Crippen MR) is 76.6 cm³/mol. The average molecular weight is 288 g/mol. The van der Waals surface area contributed by atoms with Crippen molar-refractivity contribution in [3.05, 3.63) is 22.6 Å². The lowest BCUT2D eigenvalue weighted by Gasteiger charge is -2.29. The highest BCUT2D eigenvalue weighted by Gasteiger charge is 2.47. The van der Waals surface area contributed by atoms with Crippen molar-refractivity contribution in [1.82, 2.24) is 0 Å². The molecule has 1 aliphatic rings. The van der Waals surface area contributed by atoms with Crippen LogP contribution in [0.25, 0.3) is 0 Å². The van der Waals surface area contributed by atoms with Crippen LogP contribution in [-0.2, 0) is 4.74 Å². The number of allylic oxidation sites excluding steroid dienone is 1. The van der Waals surface area contributed by atoms with Gasteiger partial charge in [0.1, 0.15) is 29.4 Å². The number of thioether (sulfide) groups is 1. The highest BCUT2D eigenvalue weighted by molar-refractivity contribution is 8.00. The molecule has 0 aromatic rings. The summed E-state index contributed by atoms with van der Waals surface area (Å²) < 4.78 is 5.73. The van der Waals surface area contributed by atoms with E-state index >= 15 is 0 Å². The zero-order chi connectivity index (χ0) is 15.2. The third-order valence-electron chi connectivity index (χ3n) is 2.86. The Kier molecular flexibility index (Phi) is 5.50. The van der Waals surface area contributed by atoms with Crippen molar-refractivity contribution in [1.29, 1.82) is 15.8 Å². The Balaban J connectivity index is 3.47. The van der Waals surface area contributed by atoms with Crippen molar-refractivity contribution >= 4 is 11.8 Å². The second-order valence-corrected chi connectivity index (χ2v) is 5.63. The van der Waals surface area contributed by atoms with Crippen molar-refractivity contribution in [3.63, 3.8) is 0 Å². The minimum atomic E-state index is -0.888. The molecule has 2 N–H and O–H groups in total. The van der Waals surface area contributed by atoms with Gasteiger partial charge < -0.3 is 10.5 Å². The Morgan fingerprint density at radius 3 is 2.35 bits per heavy atom. The molecule has 6 heteroatoms. The summed E-state index contributed by atoms with van der Waals surface area (Å²) in [5.41, 5.74) is 6.12. The van der Waals surface area contributed by atoms with Gasteiger partial charge in [-0.15, -0.1) is 11.8 Å². The Morgan fingerprint density at radius 2 is 1.90 bits per heavy atom. The zero-order valence-corrected chi connectivity index (χ0v) is 12.4. The van der Waals surface area contributed by atoms with Crippen LogP contribution in [0.15, 0.2) is 22.6 Å². The number of nitriles is 3. The Hall–Kier alpha value is -2.10. The number of nitrogens with zero attached hydrogens (tertiary/aromatic N) is 3. The number of nitrogens with two attached hydrogens (primary N) is 1. The van der Waals surface area contributed by atoms with Crippen LogP contribution in [0, 0.1) is 34.0 Å². The smallest absolute Gasteiger partial charge is 0.204 e. The SMILES string of the molecule is CCCS[C@@]1(CCC)OC(N)=C(C#N)C1=C(C#N)C#N. The molecule has 104 valence electrons. The van der Waals surface area contributed by atoms with E-state index in [0.29, 0.717) is 12.0 Å². The molecule has 0 saturated heterocycles. The van der Waals surface area contributed by atoms with Crippen molar-refractivity contribution in [3.8, 4) is 18.2 Å². The van der Waals surface area contributed by atoms with Crippen LogP contribution in [0.1, 0.15) is 33.1 Å². The number of rotatable bonds is 5. The normalized spacial score (nSPS) is 20.9. The van der Waals surface area contributed by atoms with Crippen molar-refractivity contribution in [2.45, 2.75) is 38.0 Å². The van der Waals surface area contributed by atoms with Crippen LogP contribution in [-0.4, -0.2) is 10.7 Å². The topological polar surface area (TPSA) is 107 Å². The minimum absolute atomic E-state index is 0.00236. The molecule has 1 aliphatic heterocycles. The number of hydrogen-bond acceptors (Lipinski definition) is 6. The van der Waals surface area contributed by atoms with Gasteiger partial charge in [-0.3, -0.25) is 0 Å².